The van der Waals surface area contributed by atoms with Crippen molar-refractivity contribution in [3.63, 3.8) is 0 Å². The van der Waals surface area contributed by atoms with E-state index in [9.17, 15) is 19.8 Å². The van der Waals surface area contributed by atoms with Crippen LogP contribution in [0.4, 0.5) is 0 Å². The average Bonchev–Trinajstić information content (AvgIpc) is 3.58. The van der Waals surface area contributed by atoms with Crippen molar-refractivity contribution >= 4 is 44.9 Å². The molecule has 6 nitrogen and oxygen atoms in total. The Hall–Kier alpha value is -3.23. The van der Waals surface area contributed by atoms with Crippen LogP contribution >= 0.6 is 22.9 Å². The Balaban J connectivity index is 1.51. The van der Waals surface area contributed by atoms with Gasteiger partial charge in [-0.1, -0.05) is 72.8 Å². The molecule has 2 N–H and O–H groups in total. The van der Waals surface area contributed by atoms with Gasteiger partial charge in [-0.2, -0.15) is 0 Å². The molecular formula is C31H31ClN2O4S. The van der Waals surface area contributed by atoms with Gasteiger partial charge in [-0.05, 0) is 52.4 Å². The summed E-state index contributed by atoms with van der Waals surface area (Å²) in [5.74, 6) is -1.71. The fourth-order valence-electron chi connectivity index (χ4n) is 5.35. The van der Waals surface area contributed by atoms with Gasteiger partial charge in [0.2, 0.25) is 0 Å². The molecular weight excluding hydrogens is 532 g/mol. The number of benzene rings is 3. The highest BCUT2D eigenvalue weighted by molar-refractivity contribution is 7.17. The zero-order chi connectivity index (χ0) is 27.4. The Morgan fingerprint density at radius 1 is 0.949 bits per heavy atom. The Morgan fingerprint density at radius 3 is 2.21 bits per heavy atom. The predicted octanol–water partition coefficient (Wildman–Crippen LogP) is 5.17. The second-order valence-electron chi connectivity index (χ2n) is 10.1. The number of carboxylic acids is 1. The van der Waals surface area contributed by atoms with Crippen LogP contribution in [0.5, 0.6) is 0 Å². The molecule has 8 heteroatoms. The van der Waals surface area contributed by atoms with Gasteiger partial charge in [0.15, 0.2) is 0 Å². The average molecular weight is 563 g/mol. The number of rotatable bonds is 10. The molecule has 0 aliphatic carbocycles. The molecule has 0 bridgehead atoms. The van der Waals surface area contributed by atoms with E-state index in [1.54, 1.807) is 11.3 Å². The van der Waals surface area contributed by atoms with Gasteiger partial charge >= 0.3 is 5.97 Å². The highest BCUT2D eigenvalue weighted by Crippen LogP contribution is 2.28. The maximum Gasteiger partial charge on any atom is 0.326 e. The first-order valence-corrected chi connectivity index (χ1v) is 14.3. The first kappa shape index (κ1) is 27.3. The predicted molar refractivity (Wildman–Crippen MR) is 155 cm³/mol. The number of carbonyl (C=O) groups excluding carboxylic acids is 1. The van der Waals surface area contributed by atoms with Crippen LogP contribution in [-0.4, -0.2) is 62.0 Å². The van der Waals surface area contributed by atoms with Crippen molar-refractivity contribution in [2.75, 3.05) is 6.54 Å². The maximum atomic E-state index is 13.7. The molecule has 39 heavy (non-hydrogen) atoms. The summed E-state index contributed by atoms with van der Waals surface area (Å²) in [7, 11) is 0. The van der Waals surface area contributed by atoms with E-state index in [1.807, 2.05) is 72.1 Å². The third-order valence-electron chi connectivity index (χ3n) is 7.32. The van der Waals surface area contributed by atoms with Crippen LogP contribution in [0, 0.1) is 0 Å². The van der Waals surface area contributed by atoms with Crippen LogP contribution in [-0.2, 0) is 29.1 Å². The Labute approximate surface area is 237 Å². The zero-order valence-corrected chi connectivity index (χ0v) is 23.0. The Kier molecular flexibility index (Phi) is 8.63. The summed E-state index contributed by atoms with van der Waals surface area (Å²) in [6.07, 6.45) is -0.875. The van der Waals surface area contributed by atoms with Gasteiger partial charge in [0.1, 0.15) is 12.1 Å². The van der Waals surface area contributed by atoms with Crippen LogP contribution in [0.25, 0.3) is 10.1 Å². The molecule has 0 radical (unpaired) electrons. The van der Waals surface area contributed by atoms with Crippen LogP contribution in [0.2, 0.25) is 0 Å². The lowest BCUT2D eigenvalue weighted by Gasteiger charge is -2.36. The number of carboxylic acid groups (broad SMARTS) is 1. The quantitative estimate of drug-likeness (QED) is 0.261. The highest BCUT2D eigenvalue weighted by Gasteiger charge is 2.43. The molecule has 4 atom stereocenters. The number of fused-ring (bicyclic) bond motifs is 1. The molecule has 1 fully saturated rings. The second kappa shape index (κ2) is 12.3. The number of thiophene rings is 1. The molecule has 1 aliphatic rings. The summed E-state index contributed by atoms with van der Waals surface area (Å²) in [6, 6.07) is 26.5. The summed E-state index contributed by atoms with van der Waals surface area (Å²) in [5.41, 5.74) is 3.10. The summed E-state index contributed by atoms with van der Waals surface area (Å²) in [5, 5.41) is 24.2. The summed E-state index contributed by atoms with van der Waals surface area (Å²) >= 11 is 7.94. The SMILES string of the molecule is O=C(O)[C@@H]1C[C@H](Cl)CN1C(=O)[C@@H](O)[C@H](Cc1ccc2sccc2c1)N(Cc1ccccc1)Cc1ccccc1. The zero-order valence-electron chi connectivity index (χ0n) is 21.4. The van der Waals surface area contributed by atoms with Gasteiger partial charge in [-0.15, -0.1) is 22.9 Å². The van der Waals surface area contributed by atoms with Crippen molar-refractivity contribution < 1.29 is 19.8 Å². The molecule has 2 heterocycles. The van der Waals surface area contributed by atoms with Crippen molar-refractivity contribution in [2.24, 2.45) is 0 Å². The van der Waals surface area contributed by atoms with E-state index < -0.39 is 35.4 Å². The van der Waals surface area contributed by atoms with Crippen molar-refractivity contribution in [1.29, 1.82) is 0 Å². The summed E-state index contributed by atoms with van der Waals surface area (Å²) in [6.45, 7) is 1.11. The molecule has 4 aromatic rings. The number of halogens is 1. The van der Waals surface area contributed by atoms with Gasteiger partial charge in [0.25, 0.3) is 5.91 Å². The fraction of sp³-hybridized carbons (Fsp3) is 0.290. The molecule has 1 amide bonds. The highest BCUT2D eigenvalue weighted by atomic mass is 35.5. The third-order valence-corrected chi connectivity index (χ3v) is 8.54. The Bertz CT molecular complexity index is 1370. The fourth-order valence-corrected chi connectivity index (χ4v) is 6.44. The number of aliphatic carboxylic acids is 1. The van der Waals surface area contributed by atoms with Crippen molar-refractivity contribution in [2.45, 2.75) is 49.5 Å². The van der Waals surface area contributed by atoms with Gasteiger partial charge < -0.3 is 15.1 Å². The molecule has 0 saturated carbocycles. The van der Waals surface area contributed by atoms with E-state index in [0.717, 1.165) is 22.1 Å². The molecule has 3 aromatic carbocycles. The second-order valence-corrected chi connectivity index (χ2v) is 11.6. The van der Waals surface area contributed by atoms with E-state index >= 15 is 0 Å². The number of nitrogens with zero attached hydrogens (tertiary/aromatic N) is 2. The minimum atomic E-state index is -1.44. The number of amides is 1. The van der Waals surface area contributed by atoms with Gasteiger partial charge in [0.05, 0.1) is 5.38 Å². The van der Waals surface area contributed by atoms with Crippen LogP contribution in [0.3, 0.4) is 0 Å². The van der Waals surface area contributed by atoms with E-state index in [1.165, 1.54) is 9.60 Å². The molecule has 0 spiro atoms. The lowest BCUT2D eigenvalue weighted by atomic mass is 9.96. The van der Waals surface area contributed by atoms with Gasteiger partial charge in [-0.3, -0.25) is 9.69 Å². The van der Waals surface area contributed by atoms with E-state index in [0.29, 0.717) is 19.5 Å². The number of aliphatic hydroxyl groups excluding tert-OH is 1. The largest absolute Gasteiger partial charge is 0.480 e. The van der Waals surface area contributed by atoms with Crippen LogP contribution < -0.4 is 0 Å². The number of aliphatic hydroxyl groups is 1. The molecule has 202 valence electrons. The number of hydrogen-bond donors (Lipinski definition) is 2. The molecule has 1 aliphatic heterocycles. The molecule has 5 rings (SSSR count). The van der Waals surface area contributed by atoms with Crippen LogP contribution in [0.15, 0.2) is 90.3 Å². The van der Waals surface area contributed by atoms with Gasteiger partial charge in [0, 0.05) is 30.4 Å². The first-order valence-electron chi connectivity index (χ1n) is 13.0. The number of likely N-dealkylation sites (tertiary alicyclic amines) is 1. The third kappa shape index (κ3) is 6.50. The minimum absolute atomic E-state index is 0.0966. The topological polar surface area (TPSA) is 81.1 Å². The summed E-state index contributed by atoms with van der Waals surface area (Å²) < 4.78 is 1.17. The monoisotopic (exact) mass is 562 g/mol. The lowest BCUT2D eigenvalue weighted by molar-refractivity contribution is -0.154. The van der Waals surface area contributed by atoms with E-state index in [2.05, 4.69) is 23.1 Å². The van der Waals surface area contributed by atoms with E-state index in [-0.39, 0.29) is 13.0 Å². The number of hydrogen-bond acceptors (Lipinski definition) is 5. The normalized spacial score (nSPS) is 18.9. The summed E-state index contributed by atoms with van der Waals surface area (Å²) in [4.78, 5) is 29.0. The van der Waals surface area contributed by atoms with Crippen LogP contribution in [0.1, 0.15) is 23.1 Å². The molecule has 1 saturated heterocycles. The standard InChI is InChI=1S/C31H31ClN2O4S/c32-25-17-27(31(37)38)34(20-25)30(36)29(35)26(16-23-11-12-28-24(15-23)13-14-39-28)33(18-21-7-3-1-4-8-21)19-22-9-5-2-6-10-22/h1-15,25-27,29,35H,16-20H2,(H,37,38)/t25-,26-,27-,29-/m0/s1. The first-order chi connectivity index (χ1) is 18.9. The van der Waals surface area contributed by atoms with Crippen molar-refractivity contribution in [3.8, 4) is 0 Å². The molecule has 1 aromatic heterocycles. The number of alkyl halides is 1. The maximum absolute atomic E-state index is 13.7. The molecule has 0 unspecified atom stereocenters. The lowest BCUT2D eigenvalue weighted by Crippen LogP contribution is -2.54. The minimum Gasteiger partial charge on any atom is -0.480 e. The van der Waals surface area contributed by atoms with Crippen molar-refractivity contribution in [1.82, 2.24) is 9.80 Å². The smallest absolute Gasteiger partial charge is 0.326 e. The van der Waals surface area contributed by atoms with Gasteiger partial charge in [-0.25, -0.2) is 4.79 Å². The van der Waals surface area contributed by atoms with E-state index in [4.69, 9.17) is 11.6 Å². The number of carbonyl (C=O) groups is 2. The Morgan fingerprint density at radius 2 is 1.59 bits per heavy atom. The van der Waals surface area contributed by atoms with Crippen molar-refractivity contribution in [3.05, 3.63) is 107 Å².